The fraction of sp³-hybridized carbons (Fsp3) is 0.278. The van der Waals surface area contributed by atoms with Gasteiger partial charge >= 0.3 is 0 Å². The molecule has 0 fully saturated rings. The van der Waals surface area contributed by atoms with Gasteiger partial charge in [-0.05, 0) is 50.6 Å². The number of carbonyl (C=O) groups excluding carboxylic acids is 1. The van der Waals surface area contributed by atoms with E-state index in [4.69, 9.17) is 0 Å². The minimum Gasteiger partial charge on any atom is -0.339 e. The maximum absolute atomic E-state index is 12.6. The molecular formula is C18H21N5O. The first-order chi connectivity index (χ1) is 11.5. The predicted octanol–water partition coefficient (Wildman–Crippen LogP) is 3.27. The number of carbonyl (C=O) groups is 1. The number of aryl methyl sites for hydroxylation is 1. The highest BCUT2D eigenvalue weighted by atomic mass is 16.2. The molecule has 0 aliphatic heterocycles. The molecule has 3 heterocycles. The number of nitrogens with one attached hydrogen (secondary N) is 1. The van der Waals surface area contributed by atoms with Gasteiger partial charge in [-0.2, -0.15) is 5.10 Å². The average molecular weight is 323 g/mol. The molecule has 0 atom stereocenters. The van der Waals surface area contributed by atoms with Gasteiger partial charge < -0.3 is 9.88 Å². The van der Waals surface area contributed by atoms with E-state index in [0.717, 1.165) is 11.3 Å². The smallest absolute Gasteiger partial charge is 0.273 e. The van der Waals surface area contributed by atoms with Gasteiger partial charge in [0, 0.05) is 42.9 Å². The molecule has 3 aromatic heterocycles. The van der Waals surface area contributed by atoms with Crippen LogP contribution in [0.1, 0.15) is 41.6 Å². The zero-order valence-corrected chi connectivity index (χ0v) is 14.1. The van der Waals surface area contributed by atoms with Crippen LogP contribution in [0.2, 0.25) is 0 Å². The van der Waals surface area contributed by atoms with Crippen molar-refractivity contribution >= 4 is 11.7 Å². The number of hydrogen-bond acceptors (Lipinski definition) is 3. The van der Waals surface area contributed by atoms with E-state index >= 15 is 0 Å². The molecule has 0 aliphatic carbocycles. The molecule has 124 valence electrons. The van der Waals surface area contributed by atoms with Gasteiger partial charge in [0.25, 0.3) is 5.91 Å². The highest BCUT2D eigenvalue weighted by Gasteiger charge is 2.14. The van der Waals surface area contributed by atoms with E-state index in [1.54, 1.807) is 12.4 Å². The van der Waals surface area contributed by atoms with E-state index in [9.17, 15) is 4.79 Å². The van der Waals surface area contributed by atoms with Crippen LogP contribution >= 0.6 is 0 Å². The van der Waals surface area contributed by atoms with Gasteiger partial charge in [0.1, 0.15) is 5.69 Å². The molecule has 3 rings (SSSR count). The maximum atomic E-state index is 12.6. The van der Waals surface area contributed by atoms with Crippen LogP contribution < -0.4 is 5.32 Å². The Bertz CT molecular complexity index is 832. The second kappa shape index (κ2) is 6.70. The van der Waals surface area contributed by atoms with Crippen molar-refractivity contribution in [3.8, 4) is 0 Å². The Labute approximate surface area is 141 Å². The predicted molar refractivity (Wildman–Crippen MR) is 93.1 cm³/mol. The van der Waals surface area contributed by atoms with E-state index in [2.05, 4.69) is 29.2 Å². The Morgan fingerprint density at radius 1 is 1.25 bits per heavy atom. The number of pyridine rings is 1. The Hall–Kier alpha value is -2.89. The highest BCUT2D eigenvalue weighted by Crippen LogP contribution is 2.15. The number of hydrogen-bond donors (Lipinski definition) is 1. The minimum atomic E-state index is -0.164. The summed E-state index contributed by atoms with van der Waals surface area (Å²) in [7, 11) is 0. The molecule has 1 amide bonds. The van der Waals surface area contributed by atoms with E-state index in [1.807, 2.05) is 52.7 Å². The lowest BCUT2D eigenvalue weighted by Gasteiger charge is -2.09. The summed E-state index contributed by atoms with van der Waals surface area (Å²) in [5.74, 6) is 0.408. The molecule has 0 radical (unpaired) electrons. The molecule has 1 N–H and O–H groups in total. The van der Waals surface area contributed by atoms with Gasteiger partial charge in [-0.15, -0.1) is 0 Å². The fourth-order valence-corrected chi connectivity index (χ4v) is 2.69. The number of aromatic nitrogens is 4. The van der Waals surface area contributed by atoms with Crippen LogP contribution in [0.3, 0.4) is 0 Å². The zero-order valence-electron chi connectivity index (χ0n) is 14.1. The number of amides is 1. The van der Waals surface area contributed by atoms with Gasteiger partial charge in [-0.1, -0.05) is 0 Å². The standard InChI is InChI=1S/C18H21N5O/c1-13(2)23-14(3)11-17(21-23)20-18(24)16-5-4-10-22(16)12-15-6-8-19-9-7-15/h4-11,13H,12H2,1-3H3,(H,20,21,24). The number of rotatable bonds is 5. The Balaban J connectivity index is 1.77. The van der Waals surface area contributed by atoms with Crippen LogP contribution in [0.25, 0.3) is 0 Å². The first-order valence-corrected chi connectivity index (χ1v) is 7.96. The summed E-state index contributed by atoms with van der Waals surface area (Å²) in [6.45, 7) is 6.73. The Kier molecular flexibility index (Phi) is 4.46. The van der Waals surface area contributed by atoms with E-state index in [1.165, 1.54) is 0 Å². The van der Waals surface area contributed by atoms with Crippen molar-refractivity contribution in [1.82, 2.24) is 19.3 Å². The molecule has 0 unspecified atom stereocenters. The molecule has 0 bridgehead atoms. The van der Waals surface area contributed by atoms with Gasteiger partial charge in [0.15, 0.2) is 5.82 Å². The first kappa shape index (κ1) is 16.0. The summed E-state index contributed by atoms with van der Waals surface area (Å²) >= 11 is 0. The Morgan fingerprint density at radius 3 is 2.67 bits per heavy atom. The largest absolute Gasteiger partial charge is 0.339 e. The molecule has 24 heavy (non-hydrogen) atoms. The SMILES string of the molecule is Cc1cc(NC(=O)c2cccn2Cc2ccncc2)nn1C(C)C. The van der Waals surface area contributed by atoms with Crippen molar-refractivity contribution in [2.24, 2.45) is 0 Å². The third-order valence-electron chi connectivity index (χ3n) is 3.82. The first-order valence-electron chi connectivity index (χ1n) is 7.96. The van der Waals surface area contributed by atoms with Gasteiger partial charge in [-0.3, -0.25) is 14.5 Å². The molecule has 0 aliphatic rings. The minimum absolute atomic E-state index is 0.164. The van der Waals surface area contributed by atoms with Crippen molar-refractivity contribution in [2.75, 3.05) is 5.32 Å². The van der Waals surface area contributed by atoms with Gasteiger partial charge in [-0.25, -0.2) is 0 Å². The molecule has 3 aromatic rings. The third-order valence-corrected chi connectivity index (χ3v) is 3.82. The summed E-state index contributed by atoms with van der Waals surface area (Å²) in [4.78, 5) is 16.6. The van der Waals surface area contributed by atoms with E-state index in [0.29, 0.717) is 18.1 Å². The summed E-state index contributed by atoms with van der Waals surface area (Å²) < 4.78 is 3.81. The molecule has 0 saturated carbocycles. The fourth-order valence-electron chi connectivity index (χ4n) is 2.69. The normalized spacial score (nSPS) is 11.0. The topological polar surface area (TPSA) is 64.7 Å². The Morgan fingerprint density at radius 2 is 2.00 bits per heavy atom. The highest BCUT2D eigenvalue weighted by molar-refractivity contribution is 6.02. The van der Waals surface area contributed by atoms with E-state index < -0.39 is 0 Å². The number of anilines is 1. The average Bonchev–Trinajstić information content (AvgIpc) is 3.15. The van der Waals surface area contributed by atoms with Gasteiger partial charge in [0.2, 0.25) is 0 Å². The molecule has 0 spiro atoms. The van der Waals surface area contributed by atoms with Crippen LogP contribution in [0.15, 0.2) is 48.9 Å². The third kappa shape index (κ3) is 3.37. The monoisotopic (exact) mass is 323 g/mol. The van der Waals surface area contributed by atoms with Crippen LogP contribution in [0.4, 0.5) is 5.82 Å². The molecule has 0 saturated heterocycles. The maximum Gasteiger partial charge on any atom is 0.273 e. The van der Waals surface area contributed by atoms with Crippen LogP contribution in [-0.2, 0) is 6.54 Å². The number of nitrogens with zero attached hydrogens (tertiary/aromatic N) is 4. The molecule has 6 heteroatoms. The lowest BCUT2D eigenvalue weighted by atomic mass is 10.2. The lowest BCUT2D eigenvalue weighted by molar-refractivity contribution is 0.101. The van der Waals surface area contributed by atoms with Gasteiger partial charge in [0.05, 0.1) is 0 Å². The van der Waals surface area contributed by atoms with Crippen molar-refractivity contribution in [3.63, 3.8) is 0 Å². The summed E-state index contributed by atoms with van der Waals surface area (Å²) in [5.41, 5.74) is 2.71. The van der Waals surface area contributed by atoms with Crippen LogP contribution in [-0.4, -0.2) is 25.2 Å². The summed E-state index contributed by atoms with van der Waals surface area (Å²) in [6, 6.07) is 9.70. The summed E-state index contributed by atoms with van der Waals surface area (Å²) in [5, 5.41) is 7.32. The zero-order chi connectivity index (χ0) is 17.1. The second-order valence-electron chi connectivity index (χ2n) is 6.04. The van der Waals surface area contributed by atoms with E-state index in [-0.39, 0.29) is 11.9 Å². The second-order valence-corrected chi connectivity index (χ2v) is 6.04. The summed E-state index contributed by atoms with van der Waals surface area (Å²) in [6.07, 6.45) is 5.40. The van der Waals surface area contributed by atoms with Crippen molar-refractivity contribution < 1.29 is 4.79 Å². The van der Waals surface area contributed by atoms with Crippen LogP contribution in [0.5, 0.6) is 0 Å². The van der Waals surface area contributed by atoms with Crippen molar-refractivity contribution in [3.05, 3.63) is 65.9 Å². The molecule has 6 nitrogen and oxygen atoms in total. The molecule has 0 aromatic carbocycles. The van der Waals surface area contributed by atoms with Crippen LogP contribution in [0, 0.1) is 6.92 Å². The van der Waals surface area contributed by atoms with Crippen molar-refractivity contribution in [1.29, 1.82) is 0 Å². The lowest BCUT2D eigenvalue weighted by Crippen LogP contribution is -2.17. The molecular weight excluding hydrogens is 302 g/mol. The van der Waals surface area contributed by atoms with Crippen molar-refractivity contribution in [2.45, 2.75) is 33.4 Å². The quantitative estimate of drug-likeness (QED) is 0.784.